The summed E-state index contributed by atoms with van der Waals surface area (Å²) in [6, 6.07) is 10.2. The minimum Gasteiger partial charge on any atom is -0.354 e. The van der Waals surface area contributed by atoms with Crippen LogP contribution in [0.1, 0.15) is 37.8 Å². The van der Waals surface area contributed by atoms with Crippen molar-refractivity contribution >= 4 is 29.9 Å². The molecule has 3 rings (SSSR count). The molecule has 2 saturated heterocycles. The predicted octanol–water partition coefficient (Wildman–Crippen LogP) is 2.59. The zero-order valence-electron chi connectivity index (χ0n) is 19.2. The van der Waals surface area contributed by atoms with Gasteiger partial charge in [0, 0.05) is 71.5 Å². The Morgan fingerprint density at radius 1 is 1.00 bits per heavy atom. The molecule has 0 spiro atoms. The van der Waals surface area contributed by atoms with Gasteiger partial charge in [-0.1, -0.05) is 24.3 Å². The smallest absolute Gasteiger partial charge is 0.191 e. The normalized spacial score (nSPS) is 20.2. The lowest BCUT2D eigenvalue weighted by Crippen LogP contribution is -2.49. The van der Waals surface area contributed by atoms with Crippen molar-refractivity contribution in [3.05, 3.63) is 35.4 Å². The summed E-state index contributed by atoms with van der Waals surface area (Å²) in [5, 5.41) is 7.09. The van der Waals surface area contributed by atoms with E-state index in [2.05, 4.69) is 75.5 Å². The maximum atomic E-state index is 4.42. The van der Waals surface area contributed by atoms with Crippen LogP contribution in [0, 0.1) is 0 Å². The van der Waals surface area contributed by atoms with Crippen LogP contribution in [-0.2, 0) is 13.1 Å². The van der Waals surface area contributed by atoms with Crippen LogP contribution < -0.4 is 10.6 Å². The average molecular weight is 529 g/mol. The molecule has 0 atom stereocenters. The van der Waals surface area contributed by atoms with Gasteiger partial charge in [-0.25, -0.2) is 0 Å². The lowest BCUT2D eigenvalue weighted by molar-refractivity contribution is 0.148. The number of benzene rings is 1. The molecule has 0 unspecified atom stereocenters. The largest absolute Gasteiger partial charge is 0.354 e. The first-order chi connectivity index (χ1) is 14.0. The molecule has 1 aromatic carbocycles. The van der Waals surface area contributed by atoms with Crippen molar-refractivity contribution in [2.45, 2.75) is 51.9 Å². The minimum absolute atomic E-state index is 0. The van der Waals surface area contributed by atoms with Crippen molar-refractivity contribution in [2.75, 3.05) is 53.4 Å². The van der Waals surface area contributed by atoms with E-state index in [4.69, 9.17) is 0 Å². The number of likely N-dealkylation sites (tertiary alicyclic amines) is 1. The molecule has 1 aromatic rings. The number of hydrogen-bond donors (Lipinski definition) is 2. The number of rotatable bonds is 6. The third-order valence-corrected chi connectivity index (χ3v) is 6.31. The van der Waals surface area contributed by atoms with Gasteiger partial charge < -0.3 is 20.4 Å². The first-order valence-corrected chi connectivity index (χ1v) is 11.2. The maximum Gasteiger partial charge on any atom is 0.191 e. The molecule has 2 aliphatic heterocycles. The van der Waals surface area contributed by atoms with Gasteiger partial charge in [-0.3, -0.25) is 9.89 Å². The predicted molar refractivity (Wildman–Crippen MR) is 138 cm³/mol. The number of hydrogen-bond acceptors (Lipinski definition) is 4. The van der Waals surface area contributed by atoms with Gasteiger partial charge >= 0.3 is 0 Å². The van der Waals surface area contributed by atoms with Crippen molar-refractivity contribution in [1.82, 2.24) is 25.3 Å². The van der Waals surface area contributed by atoms with Gasteiger partial charge in [0.25, 0.3) is 0 Å². The van der Waals surface area contributed by atoms with Crippen molar-refractivity contribution in [3.63, 3.8) is 0 Å². The van der Waals surface area contributed by atoms with Crippen LogP contribution >= 0.6 is 24.0 Å². The van der Waals surface area contributed by atoms with Crippen molar-refractivity contribution in [2.24, 2.45) is 4.99 Å². The van der Waals surface area contributed by atoms with E-state index in [-0.39, 0.29) is 24.0 Å². The van der Waals surface area contributed by atoms with Crippen LogP contribution in [0.5, 0.6) is 0 Å². The number of likely N-dealkylation sites (N-methyl/N-ethyl adjacent to an activating group) is 1. The second kappa shape index (κ2) is 12.8. The summed E-state index contributed by atoms with van der Waals surface area (Å²) in [5.41, 5.74) is 2.70. The Hall–Kier alpha value is -0.900. The number of piperazine rings is 1. The molecule has 0 aliphatic carbocycles. The highest BCUT2D eigenvalue weighted by molar-refractivity contribution is 14.0. The van der Waals surface area contributed by atoms with Gasteiger partial charge in [-0.2, -0.15) is 0 Å². The van der Waals surface area contributed by atoms with E-state index in [1.807, 2.05) is 7.05 Å². The van der Waals surface area contributed by atoms with Gasteiger partial charge in [0.05, 0.1) is 0 Å². The summed E-state index contributed by atoms with van der Waals surface area (Å²) in [7, 11) is 4.06. The Labute approximate surface area is 200 Å². The van der Waals surface area contributed by atoms with E-state index in [1.165, 1.54) is 50.1 Å². The van der Waals surface area contributed by atoms with E-state index < -0.39 is 0 Å². The number of guanidine groups is 1. The van der Waals surface area contributed by atoms with E-state index >= 15 is 0 Å². The summed E-state index contributed by atoms with van der Waals surface area (Å²) in [6.45, 7) is 13.4. The molecular weight excluding hydrogens is 487 g/mol. The Kier molecular flexibility index (Phi) is 10.8. The van der Waals surface area contributed by atoms with Crippen LogP contribution in [0.4, 0.5) is 0 Å². The molecule has 0 saturated carbocycles. The van der Waals surface area contributed by atoms with Gasteiger partial charge in [-0.15, -0.1) is 24.0 Å². The molecule has 170 valence electrons. The monoisotopic (exact) mass is 528 g/mol. The zero-order valence-corrected chi connectivity index (χ0v) is 21.6. The molecule has 2 heterocycles. The summed E-state index contributed by atoms with van der Waals surface area (Å²) in [4.78, 5) is 11.9. The molecule has 2 fully saturated rings. The van der Waals surface area contributed by atoms with Crippen LogP contribution in [0.25, 0.3) is 0 Å². The van der Waals surface area contributed by atoms with Crippen molar-refractivity contribution in [1.29, 1.82) is 0 Å². The van der Waals surface area contributed by atoms with E-state index in [9.17, 15) is 0 Å². The van der Waals surface area contributed by atoms with E-state index in [1.54, 1.807) is 0 Å². The quantitative estimate of drug-likeness (QED) is 0.338. The van der Waals surface area contributed by atoms with Gasteiger partial charge in [0.15, 0.2) is 5.96 Å². The molecule has 0 aromatic heterocycles. The van der Waals surface area contributed by atoms with Crippen molar-refractivity contribution in [3.8, 4) is 0 Å². The van der Waals surface area contributed by atoms with Crippen LogP contribution in [0.3, 0.4) is 0 Å². The summed E-state index contributed by atoms with van der Waals surface area (Å²) >= 11 is 0. The maximum absolute atomic E-state index is 4.42. The van der Waals surface area contributed by atoms with Crippen LogP contribution in [0.15, 0.2) is 29.3 Å². The Balaban J connectivity index is 0.00000320. The summed E-state index contributed by atoms with van der Waals surface area (Å²) < 4.78 is 0. The zero-order chi connectivity index (χ0) is 20.6. The highest BCUT2D eigenvalue weighted by atomic mass is 127. The fourth-order valence-corrected chi connectivity index (χ4v) is 4.16. The molecular formula is C23H41IN6. The molecule has 6 nitrogen and oxygen atoms in total. The highest BCUT2D eigenvalue weighted by Gasteiger charge is 2.21. The lowest BCUT2D eigenvalue weighted by Gasteiger charge is -2.35. The Morgan fingerprint density at radius 2 is 1.60 bits per heavy atom. The first-order valence-electron chi connectivity index (χ1n) is 11.2. The molecule has 2 aliphatic rings. The molecule has 2 N–H and O–H groups in total. The first kappa shape index (κ1) is 25.4. The van der Waals surface area contributed by atoms with E-state index in [0.717, 1.165) is 32.1 Å². The number of nitrogens with zero attached hydrogens (tertiary/aromatic N) is 4. The molecule has 7 heteroatoms. The summed E-state index contributed by atoms with van der Waals surface area (Å²) in [6.07, 6.45) is 2.36. The Bertz CT molecular complexity index is 632. The van der Waals surface area contributed by atoms with Crippen LogP contribution in [0.2, 0.25) is 0 Å². The second-order valence-electron chi connectivity index (χ2n) is 8.87. The average Bonchev–Trinajstić information content (AvgIpc) is 2.74. The van der Waals surface area contributed by atoms with Crippen molar-refractivity contribution < 1.29 is 0 Å². The van der Waals surface area contributed by atoms with Gasteiger partial charge in [0.1, 0.15) is 0 Å². The number of nitrogens with one attached hydrogen (secondary N) is 2. The highest BCUT2D eigenvalue weighted by Crippen LogP contribution is 2.13. The van der Waals surface area contributed by atoms with E-state index in [0.29, 0.717) is 12.1 Å². The Morgan fingerprint density at radius 3 is 2.17 bits per heavy atom. The standard InChI is InChI=1S/C23H40N6.HI/c1-19(2)29-11-9-22(10-12-29)26-23(24-3)25-17-20-5-7-21(8-6-20)18-28-15-13-27(4)14-16-28;/h5-8,19,22H,9-18H2,1-4H3,(H2,24,25,26);1H. The fraction of sp³-hybridized carbons (Fsp3) is 0.696. The molecule has 30 heavy (non-hydrogen) atoms. The second-order valence-corrected chi connectivity index (χ2v) is 8.87. The molecule has 0 amide bonds. The van der Waals surface area contributed by atoms with Crippen LogP contribution in [-0.4, -0.2) is 86.1 Å². The number of piperidine rings is 1. The topological polar surface area (TPSA) is 46.1 Å². The van der Waals surface area contributed by atoms with Gasteiger partial charge in [0.2, 0.25) is 0 Å². The lowest BCUT2D eigenvalue weighted by atomic mass is 10.0. The summed E-state index contributed by atoms with van der Waals surface area (Å²) in [5.74, 6) is 0.912. The third-order valence-electron chi connectivity index (χ3n) is 6.31. The molecule has 0 radical (unpaired) electrons. The third kappa shape index (κ3) is 7.98. The van der Waals surface area contributed by atoms with Gasteiger partial charge in [-0.05, 0) is 44.9 Å². The number of aliphatic imine (C=N–C) groups is 1. The minimum atomic E-state index is 0. The SMILES string of the molecule is CN=C(NCc1ccc(CN2CCN(C)CC2)cc1)NC1CCN(C(C)C)CC1.I. The number of halogens is 1. The fourth-order valence-electron chi connectivity index (χ4n) is 4.16. The molecule has 0 bridgehead atoms.